The summed E-state index contributed by atoms with van der Waals surface area (Å²) in [5.41, 5.74) is -0.762. The van der Waals surface area contributed by atoms with Gasteiger partial charge < -0.3 is 10.4 Å². The van der Waals surface area contributed by atoms with Crippen LogP contribution in [-0.4, -0.2) is 38.6 Å². The maximum absolute atomic E-state index is 11.4. The maximum Gasteiger partial charge on any atom is 0.321 e. The van der Waals surface area contributed by atoms with Gasteiger partial charge in [-0.3, -0.25) is 10.1 Å². The molecule has 0 aliphatic heterocycles. The highest BCUT2D eigenvalue weighted by atomic mass is 16.3. The van der Waals surface area contributed by atoms with E-state index < -0.39 is 17.5 Å². The number of aromatic nitrogens is 3. The van der Waals surface area contributed by atoms with Gasteiger partial charge in [0, 0.05) is 6.54 Å². The van der Waals surface area contributed by atoms with E-state index in [1.54, 1.807) is 20.8 Å². The van der Waals surface area contributed by atoms with Crippen molar-refractivity contribution >= 4 is 11.9 Å². The van der Waals surface area contributed by atoms with Crippen molar-refractivity contribution in [2.24, 2.45) is 0 Å². The van der Waals surface area contributed by atoms with Gasteiger partial charge >= 0.3 is 6.03 Å². The zero-order chi connectivity index (χ0) is 13.8. The first kappa shape index (κ1) is 14.1. The van der Waals surface area contributed by atoms with Crippen LogP contribution in [0.3, 0.4) is 0 Å². The summed E-state index contributed by atoms with van der Waals surface area (Å²) in [4.78, 5) is 22.5. The van der Waals surface area contributed by atoms with Crippen LogP contribution in [0.2, 0.25) is 0 Å². The summed E-state index contributed by atoms with van der Waals surface area (Å²) < 4.78 is 1.25. The molecule has 0 spiro atoms. The van der Waals surface area contributed by atoms with Crippen molar-refractivity contribution in [1.29, 1.82) is 0 Å². The van der Waals surface area contributed by atoms with E-state index in [1.165, 1.54) is 10.9 Å². The van der Waals surface area contributed by atoms with Crippen LogP contribution < -0.4 is 10.6 Å². The molecule has 0 aliphatic rings. The Balaban J connectivity index is 2.55. The molecule has 1 heterocycles. The number of amides is 3. The Labute approximate surface area is 104 Å². The van der Waals surface area contributed by atoms with Gasteiger partial charge in [0.25, 0.3) is 0 Å². The molecule has 0 atom stereocenters. The van der Waals surface area contributed by atoms with Crippen LogP contribution in [0.4, 0.5) is 4.79 Å². The van der Waals surface area contributed by atoms with Crippen molar-refractivity contribution in [2.75, 3.05) is 6.54 Å². The molecule has 0 bridgehead atoms. The number of nitrogens with zero attached hydrogens (tertiary/aromatic N) is 3. The molecule has 100 valence electrons. The molecule has 0 radical (unpaired) electrons. The van der Waals surface area contributed by atoms with E-state index in [2.05, 4.69) is 20.9 Å². The predicted octanol–water partition coefficient (Wildman–Crippen LogP) is -0.649. The number of rotatable bonds is 4. The summed E-state index contributed by atoms with van der Waals surface area (Å²) in [7, 11) is 0. The monoisotopic (exact) mass is 255 g/mol. The molecule has 8 nitrogen and oxygen atoms in total. The third kappa shape index (κ3) is 4.13. The quantitative estimate of drug-likeness (QED) is 0.662. The highest BCUT2D eigenvalue weighted by Crippen LogP contribution is 2.15. The first-order valence-electron chi connectivity index (χ1n) is 5.53. The summed E-state index contributed by atoms with van der Waals surface area (Å²) in [6, 6.07) is -0.551. The van der Waals surface area contributed by atoms with Crippen LogP contribution in [0, 0.1) is 0 Å². The fourth-order valence-corrected chi connectivity index (χ4v) is 1.17. The molecular formula is C10H17N5O3. The van der Waals surface area contributed by atoms with Crippen LogP contribution >= 0.6 is 0 Å². The van der Waals surface area contributed by atoms with Gasteiger partial charge in [-0.1, -0.05) is 5.21 Å². The van der Waals surface area contributed by atoms with E-state index in [9.17, 15) is 14.7 Å². The van der Waals surface area contributed by atoms with Gasteiger partial charge in [-0.2, -0.15) is 0 Å². The lowest BCUT2D eigenvalue weighted by atomic mass is 10.1. The molecule has 3 amide bonds. The molecule has 0 aliphatic carbocycles. The smallest absolute Gasteiger partial charge is 0.321 e. The fourth-order valence-electron chi connectivity index (χ4n) is 1.17. The summed E-state index contributed by atoms with van der Waals surface area (Å²) in [5, 5.41) is 21.7. The number of urea groups is 1. The number of carbonyl (C=O) groups is 2. The molecule has 0 saturated heterocycles. The van der Waals surface area contributed by atoms with Crippen molar-refractivity contribution < 1.29 is 14.7 Å². The molecule has 3 N–H and O–H groups in total. The summed E-state index contributed by atoms with van der Waals surface area (Å²) in [6.07, 6.45) is 1.46. The molecule has 0 fully saturated rings. The minimum absolute atomic E-state index is 0.139. The van der Waals surface area contributed by atoms with E-state index in [-0.39, 0.29) is 6.54 Å². The third-order valence-electron chi connectivity index (χ3n) is 2.06. The Morgan fingerprint density at radius 2 is 2.17 bits per heavy atom. The molecule has 0 saturated carbocycles. The van der Waals surface area contributed by atoms with E-state index in [0.717, 1.165) is 0 Å². The molecule has 1 rings (SSSR count). The summed E-state index contributed by atoms with van der Waals surface area (Å²) in [5.74, 6) is -0.506. The van der Waals surface area contributed by atoms with Gasteiger partial charge in [0.15, 0.2) is 0 Å². The van der Waals surface area contributed by atoms with Gasteiger partial charge in [-0.15, -0.1) is 5.10 Å². The number of hydrogen-bond donors (Lipinski definition) is 3. The average molecular weight is 255 g/mol. The van der Waals surface area contributed by atoms with Gasteiger partial charge in [0.05, 0.1) is 6.20 Å². The SMILES string of the molecule is CCNC(=O)NC(=O)Cn1cc(C(C)(C)O)nn1. The topological polar surface area (TPSA) is 109 Å². The largest absolute Gasteiger partial charge is 0.384 e. The van der Waals surface area contributed by atoms with E-state index >= 15 is 0 Å². The average Bonchev–Trinajstić information content (AvgIpc) is 2.65. The normalized spacial score (nSPS) is 11.1. The Morgan fingerprint density at radius 1 is 1.50 bits per heavy atom. The van der Waals surface area contributed by atoms with Crippen molar-refractivity contribution in [1.82, 2.24) is 25.6 Å². The van der Waals surface area contributed by atoms with Gasteiger partial charge in [0.1, 0.15) is 17.8 Å². The predicted molar refractivity (Wildman–Crippen MR) is 62.5 cm³/mol. The van der Waals surface area contributed by atoms with Crippen LogP contribution in [0.25, 0.3) is 0 Å². The highest BCUT2D eigenvalue weighted by molar-refractivity contribution is 5.94. The molecule has 8 heteroatoms. The van der Waals surface area contributed by atoms with Crippen molar-refractivity contribution in [3.8, 4) is 0 Å². The second-order valence-corrected chi connectivity index (χ2v) is 4.27. The lowest BCUT2D eigenvalue weighted by Crippen LogP contribution is -2.40. The summed E-state index contributed by atoms with van der Waals surface area (Å²) >= 11 is 0. The van der Waals surface area contributed by atoms with Crippen molar-refractivity contribution in [3.05, 3.63) is 11.9 Å². The minimum atomic E-state index is -1.12. The standard InChI is InChI=1S/C10H17N5O3/c1-4-11-9(17)12-8(16)6-15-5-7(13-14-15)10(2,3)18/h5,18H,4,6H2,1-3H3,(H2,11,12,16,17). The molecule has 0 unspecified atom stereocenters. The number of hydrogen-bond acceptors (Lipinski definition) is 5. The fraction of sp³-hybridized carbons (Fsp3) is 0.600. The van der Waals surface area contributed by atoms with E-state index in [0.29, 0.717) is 12.2 Å². The molecule has 1 aromatic heterocycles. The van der Waals surface area contributed by atoms with Crippen LogP contribution in [0.5, 0.6) is 0 Å². The van der Waals surface area contributed by atoms with E-state index in [4.69, 9.17) is 0 Å². The molecule has 18 heavy (non-hydrogen) atoms. The Hall–Kier alpha value is -1.96. The zero-order valence-corrected chi connectivity index (χ0v) is 10.6. The minimum Gasteiger partial charge on any atom is -0.384 e. The number of imide groups is 1. The first-order chi connectivity index (χ1) is 8.32. The highest BCUT2D eigenvalue weighted by Gasteiger charge is 2.20. The molecule has 0 aromatic carbocycles. The summed E-state index contributed by atoms with van der Waals surface area (Å²) in [6.45, 7) is 5.18. The first-order valence-corrected chi connectivity index (χ1v) is 5.53. The Bertz CT molecular complexity index is 435. The maximum atomic E-state index is 11.4. The van der Waals surface area contributed by atoms with Crippen molar-refractivity contribution in [2.45, 2.75) is 32.9 Å². The van der Waals surface area contributed by atoms with Crippen molar-refractivity contribution in [3.63, 3.8) is 0 Å². The van der Waals surface area contributed by atoms with Crippen LogP contribution in [0.1, 0.15) is 26.5 Å². The lowest BCUT2D eigenvalue weighted by Gasteiger charge is -2.11. The van der Waals surface area contributed by atoms with Crippen LogP contribution in [0.15, 0.2) is 6.20 Å². The number of aliphatic hydroxyl groups is 1. The van der Waals surface area contributed by atoms with Gasteiger partial charge in [-0.05, 0) is 20.8 Å². The Morgan fingerprint density at radius 3 is 2.67 bits per heavy atom. The lowest BCUT2D eigenvalue weighted by molar-refractivity contribution is -0.120. The second-order valence-electron chi connectivity index (χ2n) is 4.27. The Kier molecular flexibility index (Phi) is 4.38. The molecular weight excluding hydrogens is 238 g/mol. The number of nitrogens with one attached hydrogen (secondary N) is 2. The zero-order valence-electron chi connectivity index (χ0n) is 10.6. The van der Waals surface area contributed by atoms with Gasteiger partial charge in [0.2, 0.25) is 5.91 Å². The number of carbonyl (C=O) groups excluding carboxylic acids is 2. The van der Waals surface area contributed by atoms with Gasteiger partial charge in [-0.25, -0.2) is 9.48 Å². The van der Waals surface area contributed by atoms with E-state index in [1.807, 2.05) is 0 Å². The molecule has 1 aromatic rings. The third-order valence-corrected chi connectivity index (χ3v) is 2.06. The van der Waals surface area contributed by atoms with Crippen LogP contribution in [-0.2, 0) is 16.9 Å². The second kappa shape index (κ2) is 5.58.